The molecule has 1 atom stereocenters. The summed E-state index contributed by atoms with van der Waals surface area (Å²) in [7, 11) is 0. The van der Waals surface area contributed by atoms with Gasteiger partial charge >= 0.3 is 0 Å². The molecule has 0 aromatic heterocycles. The number of rotatable bonds is 3. The zero-order valence-corrected chi connectivity index (χ0v) is 8.15. The van der Waals surface area contributed by atoms with E-state index < -0.39 is 6.17 Å². The van der Waals surface area contributed by atoms with Gasteiger partial charge in [-0.05, 0) is 38.5 Å². The van der Waals surface area contributed by atoms with E-state index in [1.54, 1.807) is 6.92 Å². The first-order valence-corrected chi connectivity index (χ1v) is 5.06. The zero-order valence-electron chi connectivity index (χ0n) is 8.15. The van der Waals surface area contributed by atoms with E-state index in [1.807, 2.05) is 0 Å². The molecule has 0 aromatic carbocycles. The fourth-order valence-electron chi connectivity index (χ4n) is 1.79. The summed E-state index contributed by atoms with van der Waals surface area (Å²) in [5.41, 5.74) is 0. The van der Waals surface area contributed by atoms with Gasteiger partial charge in [-0.3, -0.25) is 0 Å². The van der Waals surface area contributed by atoms with Crippen molar-refractivity contribution < 1.29 is 4.39 Å². The van der Waals surface area contributed by atoms with Gasteiger partial charge in [0.25, 0.3) is 0 Å². The van der Waals surface area contributed by atoms with Crippen LogP contribution in [0.4, 0.5) is 4.39 Å². The van der Waals surface area contributed by atoms with Crippen molar-refractivity contribution in [2.45, 2.75) is 51.7 Å². The molecule has 1 saturated carbocycles. The third-order valence-electron chi connectivity index (χ3n) is 2.70. The largest absolute Gasteiger partial charge is 0.311 e. The molecule has 12 heavy (non-hydrogen) atoms. The first-order valence-electron chi connectivity index (χ1n) is 5.06. The standard InChI is InChI=1S/C10H20FN/c1-8-3-5-10(6-4-8)12-7-9(2)11/h8-10,12H,3-7H2,1-2H3/t8-,9?,10-. The molecule has 0 heterocycles. The van der Waals surface area contributed by atoms with Crippen molar-refractivity contribution >= 4 is 0 Å². The van der Waals surface area contributed by atoms with Crippen molar-refractivity contribution in [3.8, 4) is 0 Å². The van der Waals surface area contributed by atoms with Crippen LogP contribution in [0, 0.1) is 5.92 Å². The van der Waals surface area contributed by atoms with Gasteiger partial charge in [-0.25, -0.2) is 4.39 Å². The van der Waals surface area contributed by atoms with Gasteiger partial charge in [0.05, 0.1) is 0 Å². The first-order chi connectivity index (χ1) is 5.68. The van der Waals surface area contributed by atoms with Gasteiger partial charge < -0.3 is 5.32 Å². The Balaban J connectivity index is 2.09. The lowest BCUT2D eigenvalue weighted by atomic mass is 9.87. The van der Waals surface area contributed by atoms with Crippen molar-refractivity contribution in [3.05, 3.63) is 0 Å². The minimum absolute atomic E-state index is 0.527. The maximum atomic E-state index is 12.5. The van der Waals surface area contributed by atoms with Crippen LogP contribution in [0.15, 0.2) is 0 Å². The SMILES string of the molecule is CC(F)CN[C@H]1CC[C@H](C)CC1. The smallest absolute Gasteiger partial charge is 0.110 e. The van der Waals surface area contributed by atoms with E-state index in [4.69, 9.17) is 0 Å². The molecule has 1 N–H and O–H groups in total. The molecule has 0 spiro atoms. The summed E-state index contributed by atoms with van der Waals surface area (Å²) >= 11 is 0. The van der Waals surface area contributed by atoms with E-state index in [-0.39, 0.29) is 0 Å². The molecule has 0 amide bonds. The van der Waals surface area contributed by atoms with Crippen molar-refractivity contribution in [2.24, 2.45) is 5.92 Å². The van der Waals surface area contributed by atoms with Crippen LogP contribution in [0.1, 0.15) is 39.5 Å². The van der Waals surface area contributed by atoms with E-state index in [0.29, 0.717) is 12.6 Å². The lowest BCUT2D eigenvalue weighted by molar-refractivity contribution is 0.274. The Bertz CT molecular complexity index is 117. The Hall–Kier alpha value is -0.110. The lowest BCUT2D eigenvalue weighted by Gasteiger charge is -2.27. The Kier molecular flexibility index (Phi) is 3.99. The number of halogens is 1. The molecule has 1 aliphatic rings. The molecule has 0 saturated heterocycles. The highest BCUT2D eigenvalue weighted by molar-refractivity contribution is 4.75. The second-order valence-electron chi connectivity index (χ2n) is 4.15. The zero-order chi connectivity index (χ0) is 8.97. The van der Waals surface area contributed by atoms with Crippen LogP contribution in [-0.2, 0) is 0 Å². The van der Waals surface area contributed by atoms with Gasteiger partial charge in [0.15, 0.2) is 0 Å². The molecule has 1 aliphatic carbocycles. The van der Waals surface area contributed by atoms with Gasteiger partial charge in [-0.15, -0.1) is 0 Å². The van der Waals surface area contributed by atoms with Crippen LogP contribution < -0.4 is 5.32 Å². The molecule has 0 aliphatic heterocycles. The predicted molar refractivity (Wildman–Crippen MR) is 50.0 cm³/mol. The van der Waals surface area contributed by atoms with E-state index in [1.165, 1.54) is 25.7 Å². The highest BCUT2D eigenvalue weighted by atomic mass is 19.1. The average Bonchev–Trinajstić information content (AvgIpc) is 2.03. The minimum atomic E-state index is -0.704. The molecular formula is C10H20FN. The fourth-order valence-corrected chi connectivity index (χ4v) is 1.79. The minimum Gasteiger partial charge on any atom is -0.311 e. The van der Waals surface area contributed by atoms with Crippen LogP contribution in [0.3, 0.4) is 0 Å². The fraction of sp³-hybridized carbons (Fsp3) is 1.00. The Morgan fingerprint density at radius 3 is 2.42 bits per heavy atom. The number of alkyl halides is 1. The Morgan fingerprint density at radius 2 is 1.92 bits per heavy atom. The predicted octanol–water partition coefficient (Wildman–Crippen LogP) is 2.51. The van der Waals surface area contributed by atoms with Crippen molar-refractivity contribution in [2.75, 3.05) is 6.54 Å². The van der Waals surface area contributed by atoms with Crippen LogP contribution in [0.5, 0.6) is 0 Å². The van der Waals surface area contributed by atoms with Gasteiger partial charge in [-0.2, -0.15) is 0 Å². The summed E-state index contributed by atoms with van der Waals surface area (Å²) in [4.78, 5) is 0. The number of hydrogen-bond acceptors (Lipinski definition) is 1. The second kappa shape index (κ2) is 4.80. The van der Waals surface area contributed by atoms with Gasteiger partial charge in [-0.1, -0.05) is 6.92 Å². The summed E-state index contributed by atoms with van der Waals surface area (Å²) in [6, 6.07) is 0.583. The monoisotopic (exact) mass is 173 g/mol. The van der Waals surface area contributed by atoms with Crippen LogP contribution >= 0.6 is 0 Å². The molecule has 72 valence electrons. The third kappa shape index (κ3) is 3.53. The number of hydrogen-bond donors (Lipinski definition) is 1. The third-order valence-corrected chi connectivity index (χ3v) is 2.70. The number of nitrogens with one attached hydrogen (secondary N) is 1. The van der Waals surface area contributed by atoms with E-state index in [0.717, 1.165) is 5.92 Å². The Labute approximate surface area is 74.7 Å². The van der Waals surface area contributed by atoms with Crippen molar-refractivity contribution in [1.82, 2.24) is 5.32 Å². The summed E-state index contributed by atoms with van der Waals surface area (Å²) in [6.45, 7) is 4.44. The summed E-state index contributed by atoms with van der Waals surface area (Å²) in [5.74, 6) is 0.880. The van der Waals surface area contributed by atoms with E-state index in [2.05, 4.69) is 12.2 Å². The Morgan fingerprint density at radius 1 is 1.33 bits per heavy atom. The molecule has 0 aromatic rings. The van der Waals surface area contributed by atoms with E-state index in [9.17, 15) is 4.39 Å². The molecule has 1 unspecified atom stereocenters. The quantitative estimate of drug-likeness (QED) is 0.691. The van der Waals surface area contributed by atoms with Gasteiger partial charge in [0.2, 0.25) is 0 Å². The highest BCUT2D eigenvalue weighted by Crippen LogP contribution is 2.23. The van der Waals surface area contributed by atoms with Crippen molar-refractivity contribution in [1.29, 1.82) is 0 Å². The molecule has 1 fully saturated rings. The summed E-state index contributed by atoms with van der Waals surface area (Å²) < 4.78 is 12.5. The molecule has 2 heteroatoms. The van der Waals surface area contributed by atoms with E-state index >= 15 is 0 Å². The molecule has 1 nitrogen and oxygen atoms in total. The molecule has 0 radical (unpaired) electrons. The summed E-state index contributed by atoms with van der Waals surface area (Å²) in [5, 5.41) is 3.27. The highest BCUT2D eigenvalue weighted by Gasteiger charge is 2.17. The maximum absolute atomic E-state index is 12.5. The second-order valence-corrected chi connectivity index (χ2v) is 4.15. The molecule has 0 bridgehead atoms. The molecular weight excluding hydrogens is 153 g/mol. The van der Waals surface area contributed by atoms with Crippen LogP contribution in [0.25, 0.3) is 0 Å². The van der Waals surface area contributed by atoms with Crippen LogP contribution in [-0.4, -0.2) is 18.8 Å². The first kappa shape index (κ1) is 9.97. The normalized spacial score (nSPS) is 33.2. The van der Waals surface area contributed by atoms with Gasteiger partial charge in [0, 0.05) is 12.6 Å². The summed E-state index contributed by atoms with van der Waals surface area (Å²) in [6.07, 6.45) is 4.36. The topological polar surface area (TPSA) is 12.0 Å². The maximum Gasteiger partial charge on any atom is 0.110 e. The van der Waals surface area contributed by atoms with Gasteiger partial charge in [0.1, 0.15) is 6.17 Å². The molecule has 1 rings (SSSR count). The average molecular weight is 173 g/mol. The lowest BCUT2D eigenvalue weighted by Crippen LogP contribution is -2.35. The van der Waals surface area contributed by atoms with Crippen molar-refractivity contribution in [3.63, 3.8) is 0 Å². The van der Waals surface area contributed by atoms with Crippen LogP contribution in [0.2, 0.25) is 0 Å².